The van der Waals surface area contributed by atoms with Crippen molar-refractivity contribution in [1.29, 1.82) is 0 Å². The third-order valence-corrected chi connectivity index (χ3v) is 5.51. The summed E-state index contributed by atoms with van der Waals surface area (Å²) in [6.45, 7) is 0.817. The zero-order valence-electron chi connectivity index (χ0n) is 18.6. The van der Waals surface area contributed by atoms with Crippen LogP contribution in [0.2, 0.25) is 10.0 Å². The van der Waals surface area contributed by atoms with Gasteiger partial charge in [-0.3, -0.25) is 4.79 Å². The monoisotopic (exact) mass is 509 g/mol. The van der Waals surface area contributed by atoms with Crippen molar-refractivity contribution in [2.45, 2.75) is 13.1 Å². The summed E-state index contributed by atoms with van der Waals surface area (Å²) in [5, 5.41) is 10.3. The van der Waals surface area contributed by atoms with Gasteiger partial charge in [0.15, 0.2) is 0 Å². The molecule has 4 rings (SSSR count). The molecule has 0 aliphatic carbocycles. The summed E-state index contributed by atoms with van der Waals surface area (Å²) in [5.41, 5.74) is 2.99. The van der Waals surface area contributed by atoms with Crippen LogP contribution >= 0.6 is 23.2 Å². The molecule has 1 heterocycles. The number of halogens is 3. The Morgan fingerprint density at radius 2 is 1.60 bits per heavy atom. The van der Waals surface area contributed by atoms with Crippen LogP contribution in [0, 0.1) is 5.82 Å². The molecule has 6 nitrogen and oxygen atoms in total. The minimum absolute atomic E-state index is 0.000920. The molecule has 0 aliphatic rings. The van der Waals surface area contributed by atoms with Crippen molar-refractivity contribution < 1.29 is 9.18 Å². The number of nitrogens with one attached hydrogen (secondary N) is 3. The molecule has 35 heavy (non-hydrogen) atoms. The molecule has 0 bridgehead atoms. The molecular formula is C26H22Cl2FN5O. The highest BCUT2D eigenvalue weighted by Gasteiger charge is 2.10. The van der Waals surface area contributed by atoms with Gasteiger partial charge in [0.05, 0.1) is 12.2 Å². The second kappa shape index (κ2) is 11.6. The first-order valence-corrected chi connectivity index (χ1v) is 11.6. The van der Waals surface area contributed by atoms with E-state index >= 15 is 0 Å². The summed E-state index contributed by atoms with van der Waals surface area (Å²) in [6, 6.07) is 22.5. The van der Waals surface area contributed by atoms with Crippen LogP contribution in [0.3, 0.4) is 0 Å². The molecule has 0 atom stereocenters. The highest BCUT2D eigenvalue weighted by atomic mass is 35.5. The topological polar surface area (TPSA) is 78.9 Å². The van der Waals surface area contributed by atoms with Gasteiger partial charge in [0.25, 0.3) is 0 Å². The molecule has 3 aromatic carbocycles. The van der Waals surface area contributed by atoms with Gasteiger partial charge in [-0.15, -0.1) is 0 Å². The van der Waals surface area contributed by atoms with Crippen LogP contribution in [0.25, 0.3) is 11.3 Å². The van der Waals surface area contributed by atoms with Crippen LogP contribution in [0.15, 0.2) is 78.9 Å². The zero-order valence-corrected chi connectivity index (χ0v) is 20.1. The number of carbonyl (C=O) groups excluding carboxylic acids is 1. The van der Waals surface area contributed by atoms with E-state index in [1.165, 1.54) is 12.1 Å². The summed E-state index contributed by atoms with van der Waals surface area (Å²) >= 11 is 12.0. The Morgan fingerprint density at radius 1 is 0.800 bits per heavy atom. The van der Waals surface area contributed by atoms with E-state index in [1.54, 1.807) is 36.4 Å². The molecule has 0 unspecified atom stereocenters. The molecule has 4 aromatic rings. The molecule has 178 valence electrons. The van der Waals surface area contributed by atoms with Gasteiger partial charge in [-0.25, -0.2) is 9.37 Å². The van der Waals surface area contributed by atoms with Gasteiger partial charge < -0.3 is 16.0 Å². The van der Waals surface area contributed by atoms with Crippen molar-refractivity contribution >= 4 is 40.9 Å². The molecule has 0 saturated carbocycles. The first-order chi connectivity index (χ1) is 16.9. The highest BCUT2D eigenvalue weighted by Crippen LogP contribution is 2.23. The van der Waals surface area contributed by atoms with Gasteiger partial charge in [-0.05, 0) is 47.5 Å². The second-order valence-electron chi connectivity index (χ2n) is 7.71. The molecular weight excluding hydrogens is 488 g/mol. The number of benzene rings is 3. The molecule has 0 saturated heterocycles. The number of carbonyl (C=O) groups is 1. The maximum atomic E-state index is 13.8. The Hall–Kier alpha value is -3.68. The van der Waals surface area contributed by atoms with Crippen LogP contribution in [0.1, 0.15) is 11.1 Å². The maximum Gasteiger partial charge on any atom is 0.239 e. The van der Waals surface area contributed by atoms with Crippen molar-refractivity contribution in [3.63, 3.8) is 0 Å². The van der Waals surface area contributed by atoms with E-state index < -0.39 is 0 Å². The van der Waals surface area contributed by atoms with Crippen molar-refractivity contribution in [2.75, 3.05) is 17.2 Å². The molecule has 1 aromatic heterocycles. The zero-order chi connectivity index (χ0) is 24.6. The summed E-state index contributed by atoms with van der Waals surface area (Å²) in [4.78, 5) is 21.3. The summed E-state index contributed by atoms with van der Waals surface area (Å²) in [7, 11) is 0. The van der Waals surface area contributed by atoms with Crippen molar-refractivity contribution in [3.05, 3.63) is 106 Å². The van der Waals surface area contributed by atoms with E-state index in [-0.39, 0.29) is 18.3 Å². The van der Waals surface area contributed by atoms with Crippen molar-refractivity contribution in [1.82, 2.24) is 15.3 Å². The number of nitrogens with zero attached hydrogens (tertiary/aromatic N) is 2. The Bertz CT molecular complexity index is 1320. The first-order valence-electron chi connectivity index (χ1n) is 10.8. The lowest BCUT2D eigenvalue weighted by Gasteiger charge is -2.12. The largest absolute Gasteiger partial charge is 0.361 e. The van der Waals surface area contributed by atoms with Gasteiger partial charge >= 0.3 is 0 Å². The molecule has 0 spiro atoms. The quantitative estimate of drug-likeness (QED) is 0.260. The minimum atomic E-state index is -0.370. The number of anilines is 2. The summed E-state index contributed by atoms with van der Waals surface area (Å²) in [5.74, 6) is 0.176. The van der Waals surface area contributed by atoms with E-state index in [2.05, 4.69) is 25.9 Å². The molecule has 0 aliphatic heterocycles. The van der Waals surface area contributed by atoms with E-state index in [9.17, 15) is 9.18 Å². The first kappa shape index (κ1) is 24.4. The fraction of sp³-hybridized carbons (Fsp3) is 0.115. The number of hydrogen-bond donors (Lipinski definition) is 3. The molecule has 9 heteroatoms. The fourth-order valence-electron chi connectivity index (χ4n) is 3.28. The Morgan fingerprint density at radius 3 is 2.37 bits per heavy atom. The van der Waals surface area contributed by atoms with Crippen LogP contribution < -0.4 is 16.0 Å². The van der Waals surface area contributed by atoms with Gasteiger partial charge in [-0.2, -0.15) is 4.98 Å². The van der Waals surface area contributed by atoms with Gasteiger partial charge in [0.2, 0.25) is 11.9 Å². The second-order valence-corrected chi connectivity index (χ2v) is 8.59. The lowest BCUT2D eigenvalue weighted by molar-refractivity contribution is -0.119. The molecule has 3 N–H and O–H groups in total. The Labute approximate surface area is 212 Å². The smallest absolute Gasteiger partial charge is 0.239 e. The lowest BCUT2D eigenvalue weighted by atomic mass is 10.1. The van der Waals surface area contributed by atoms with E-state index in [1.807, 2.05) is 30.3 Å². The fourth-order valence-corrected chi connectivity index (χ4v) is 3.62. The lowest BCUT2D eigenvalue weighted by Crippen LogP contribution is -2.29. The average Bonchev–Trinajstić information content (AvgIpc) is 2.86. The Balaban J connectivity index is 1.46. The van der Waals surface area contributed by atoms with Crippen LogP contribution in [-0.2, 0) is 17.9 Å². The predicted octanol–water partition coefficient (Wildman–Crippen LogP) is 5.93. The van der Waals surface area contributed by atoms with Gasteiger partial charge in [0, 0.05) is 34.8 Å². The number of aromatic nitrogens is 2. The third kappa shape index (κ3) is 7.40. The molecule has 0 radical (unpaired) electrons. The minimum Gasteiger partial charge on any atom is -0.361 e. The maximum absolute atomic E-state index is 13.8. The summed E-state index contributed by atoms with van der Waals surface area (Å²) < 4.78 is 13.8. The number of amides is 1. The van der Waals surface area contributed by atoms with E-state index in [0.717, 1.165) is 11.1 Å². The van der Waals surface area contributed by atoms with Crippen LogP contribution in [0.4, 0.5) is 16.2 Å². The van der Waals surface area contributed by atoms with E-state index in [0.29, 0.717) is 46.2 Å². The highest BCUT2D eigenvalue weighted by molar-refractivity contribution is 6.30. The van der Waals surface area contributed by atoms with Crippen molar-refractivity contribution in [2.24, 2.45) is 0 Å². The number of rotatable bonds is 9. The SMILES string of the molecule is O=C(CNc1cc(-c2cccc(F)c2)nc(NCc2cccc(Cl)c2)n1)NCc1ccc(Cl)cc1. The van der Waals surface area contributed by atoms with Crippen molar-refractivity contribution in [3.8, 4) is 11.3 Å². The van der Waals surface area contributed by atoms with Crippen LogP contribution in [0.5, 0.6) is 0 Å². The van der Waals surface area contributed by atoms with Crippen LogP contribution in [-0.4, -0.2) is 22.4 Å². The van der Waals surface area contributed by atoms with Gasteiger partial charge in [0.1, 0.15) is 11.6 Å². The number of hydrogen-bond acceptors (Lipinski definition) is 5. The average molecular weight is 510 g/mol. The van der Waals surface area contributed by atoms with Gasteiger partial charge in [-0.1, -0.05) is 59.6 Å². The third-order valence-electron chi connectivity index (χ3n) is 5.02. The molecule has 0 fully saturated rings. The molecule has 1 amide bonds. The predicted molar refractivity (Wildman–Crippen MR) is 138 cm³/mol. The summed E-state index contributed by atoms with van der Waals surface area (Å²) in [6.07, 6.45) is 0. The van der Waals surface area contributed by atoms with E-state index in [4.69, 9.17) is 23.2 Å². The standard InChI is InChI=1S/C26H22Cl2FN5O/c27-20-9-7-17(8-10-20)14-31-25(35)16-30-24-13-23(19-4-2-6-22(29)12-19)33-26(34-24)32-15-18-3-1-5-21(28)11-18/h1-13H,14-16H2,(H,31,35)(H2,30,32,33,34). The Kier molecular flexibility index (Phi) is 8.13. The normalized spacial score (nSPS) is 10.6.